The van der Waals surface area contributed by atoms with Gasteiger partial charge >= 0.3 is 5.97 Å². The van der Waals surface area contributed by atoms with Gasteiger partial charge in [0.2, 0.25) is 10.0 Å². The lowest BCUT2D eigenvalue weighted by molar-refractivity contribution is -0.146. The maximum Gasteiger partial charge on any atom is 0.324 e. The minimum absolute atomic E-state index is 0.157. The molecule has 5 nitrogen and oxygen atoms in total. The van der Waals surface area contributed by atoms with E-state index in [1.54, 1.807) is 18.2 Å². The summed E-state index contributed by atoms with van der Waals surface area (Å²) in [5, 5.41) is 0. The molecule has 1 rings (SSSR count). The summed E-state index contributed by atoms with van der Waals surface area (Å²) in [7, 11) is -3.76. The number of carbonyl (C=O) groups is 1. The average molecular weight is 524 g/mol. The molecule has 0 heterocycles. The number of rotatable bonds is 23. The second kappa shape index (κ2) is 20.6. The Labute approximate surface area is 222 Å². The molecule has 0 bridgehead atoms. The summed E-state index contributed by atoms with van der Waals surface area (Å²) in [5.74, 6) is -0.319. The number of carbonyl (C=O) groups excluding carboxylic acids is 1. The number of benzene rings is 1. The molecule has 0 unspecified atom stereocenters. The van der Waals surface area contributed by atoms with Crippen molar-refractivity contribution in [2.24, 2.45) is 5.92 Å². The molecule has 0 aliphatic rings. The van der Waals surface area contributed by atoms with E-state index in [4.69, 9.17) is 4.74 Å². The Morgan fingerprint density at radius 3 is 1.64 bits per heavy atom. The molecule has 36 heavy (non-hydrogen) atoms. The van der Waals surface area contributed by atoms with Gasteiger partial charge in [0.25, 0.3) is 0 Å². The fraction of sp³-hybridized carbons (Fsp3) is 0.767. The van der Waals surface area contributed by atoms with Crippen LogP contribution in [0.2, 0.25) is 0 Å². The van der Waals surface area contributed by atoms with Crippen LogP contribution in [0.5, 0.6) is 0 Å². The van der Waals surface area contributed by atoms with Crippen LogP contribution in [-0.4, -0.2) is 27.0 Å². The molecule has 0 saturated carbocycles. The first-order valence-electron chi connectivity index (χ1n) is 14.6. The first kappa shape index (κ1) is 32.6. The maximum absolute atomic E-state index is 12.6. The van der Waals surface area contributed by atoms with E-state index in [9.17, 15) is 13.2 Å². The van der Waals surface area contributed by atoms with E-state index in [-0.39, 0.29) is 10.8 Å². The molecule has 6 heteroatoms. The molecule has 1 aromatic carbocycles. The van der Waals surface area contributed by atoms with Crippen molar-refractivity contribution in [3.8, 4) is 0 Å². The van der Waals surface area contributed by atoms with Crippen molar-refractivity contribution in [3.05, 3.63) is 30.3 Å². The number of unbranched alkanes of at least 4 members (excludes halogenated alkanes) is 15. The molecule has 0 aromatic heterocycles. The highest BCUT2D eigenvalue weighted by Crippen LogP contribution is 2.15. The van der Waals surface area contributed by atoms with Crippen LogP contribution in [0.4, 0.5) is 0 Å². The number of hydrogen-bond acceptors (Lipinski definition) is 4. The van der Waals surface area contributed by atoms with Gasteiger partial charge in [-0.25, -0.2) is 8.42 Å². The van der Waals surface area contributed by atoms with Crippen molar-refractivity contribution in [2.75, 3.05) is 6.61 Å². The molecular weight excluding hydrogens is 470 g/mol. The van der Waals surface area contributed by atoms with Crippen molar-refractivity contribution in [2.45, 2.75) is 141 Å². The highest BCUT2D eigenvalue weighted by atomic mass is 32.2. The topological polar surface area (TPSA) is 72.5 Å². The van der Waals surface area contributed by atoms with Gasteiger partial charge in [0.1, 0.15) is 6.04 Å². The molecule has 0 spiro atoms. The van der Waals surface area contributed by atoms with Crippen molar-refractivity contribution >= 4 is 16.0 Å². The predicted molar refractivity (Wildman–Crippen MR) is 151 cm³/mol. The molecule has 0 radical (unpaired) electrons. The van der Waals surface area contributed by atoms with Crippen LogP contribution < -0.4 is 4.72 Å². The second-order valence-corrected chi connectivity index (χ2v) is 12.3. The highest BCUT2D eigenvalue weighted by molar-refractivity contribution is 7.89. The van der Waals surface area contributed by atoms with Crippen LogP contribution in [0, 0.1) is 5.92 Å². The van der Waals surface area contributed by atoms with Gasteiger partial charge in [-0.1, -0.05) is 135 Å². The standard InChI is InChI=1S/C30H53NO4S/c1-4-5-6-7-8-9-10-11-12-13-14-15-16-17-18-22-25-35-30(32)29(26-27(2)3)31-36(33,34)28-23-20-19-21-24-28/h19-21,23-24,27,29,31H,4-18,22,25-26H2,1-3H3/t29-/m0/s1. The number of ether oxygens (including phenoxy) is 1. The molecule has 0 aliphatic carbocycles. The number of nitrogens with one attached hydrogen (secondary N) is 1. The summed E-state index contributed by atoms with van der Waals surface area (Å²) in [6.45, 7) is 6.54. The smallest absolute Gasteiger partial charge is 0.324 e. The molecule has 0 fully saturated rings. The maximum atomic E-state index is 12.6. The first-order chi connectivity index (χ1) is 17.4. The van der Waals surface area contributed by atoms with E-state index in [1.165, 1.54) is 95.6 Å². The Morgan fingerprint density at radius 2 is 1.19 bits per heavy atom. The Hall–Kier alpha value is -1.40. The molecule has 1 N–H and O–H groups in total. The van der Waals surface area contributed by atoms with E-state index in [1.807, 2.05) is 13.8 Å². The summed E-state index contributed by atoms with van der Waals surface area (Å²) in [6.07, 6.45) is 21.1. The predicted octanol–water partition coefficient (Wildman–Crippen LogP) is 8.18. The van der Waals surface area contributed by atoms with Crippen LogP contribution >= 0.6 is 0 Å². The quantitative estimate of drug-likeness (QED) is 0.116. The molecule has 208 valence electrons. The zero-order valence-electron chi connectivity index (χ0n) is 23.3. The largest absolute Gasteiger partial charge is 0.465 e. The summed E-state index contributed by atoms with van der Waals surface area (Å²) < 4.78 is 33.3. The lowest BCUT2D eigenvalue weighted by atomic mass is 10.0. The van der Waals surface area contributed by atoms with Crippen LogP contribution in [0.3, 0.4) is 0 Å². The molecule has 1 aromatic rings. The van der Waals surface area contributed by atoms with Crippen LogP contribution in [0.25, 0.3) is 0 Å². The van der Waals surface area contributed by atoms with Crippen LogP contribution in [-0.2, 0) is 19.6 Å². The Balaban J connectivity index is 2.10. The SMILES string of the molecule is CCCCCCCCCCCCCCCCCCOC(=O)[C@H](CC(C)C)NS(=O)(=O)c1ccccc1. The fourth-order valence-corrected chi connectivity index (χ4v) is 5.66. The molecule has 1 atom stereocenters. The third-order valence-corrected chi connectivity index (χ3v) is 8.07. The Morgan fingerprint density at radius 1 is 0.750 bits per heavy atom. The molecule has 0 amide bonds. The van der Waals surface area contributed by atoms with E-state index in [0.29, 0.717) is 13.0 Å². The molecular formula is C30H53NO4S. The number of esters is 1. The van der Waals surface area contributed by atoms with Crippen molar-refractivity contribution < 1.29 is 17.9 Å². The Kier molecular flexibility index (Phi) is 18.7. The van der Waals surface area contributed by atoms with Gasteiger partial charge in [0, 0.05) is 0 Å². The molecule has 0 saturated heterocycles. The van der Waals surface area contributed by atoms with E-state index in [0.717, 1.165) is 19.3 Å². The number of sulfonamides is 1. The summed E-state index contributed by atoms with van der Waals surface area (Å²) in [4.78, 5) is 12.8. The summed E-state index contributed by atoms with van der Waals surface area (Å²) >= 11 is 0. The summed E-state index contributed by atoms with van der Waals surface area (Å²) in [6, 6.07) is 7.28. The summed E-state index contributed by atoms with van der Waals surface area (Å²) in [5.41, 5.74) is 0. The Bertz CT molecular complexity index is 764. The van der Waals surface area contributed by atoms with E-state index in [2.05, 4.69) is 11.6 Å². The lowest BCUT2D eigenvalue weighted by Crippen LogP contribution is -2.42. The normalized spacial score (nSPS) is 12.7. The fourth-order valence-electron chi connectivity index (χ4n) is 4.44. The number of hydrogen-bond donors (Lipinski definition) is 1. The van der Waals surface area contributed by atoms with Crippen molar-refractivity contribution in [3.63, 3.8) is 0 Å². The minimum atomic E-state index is -3.76. The lowest BCUT2D eigenvalue weighted by Gasteiger charge is -2.19. The van der Waals surface area contributed by atoms with Gasteiger partial charge in [-0.3, -0.25) is 4.79 Å². The zero-order chi connectivity index (χ0) is 26.5. The van der Waals surface area contributed by atoms with Crippen LogP contribution in [0.1, 0.15) is 130 Å². The van der Waals surface area contributed by atoms with E-state index < -0.39 is 22.0 Å². The van der Waals surface area contributed by atoms with Gasteiger partial charge in [0.05, 0.1) is 11.5 Å². The third-order valence-electron chi connectivity index (χ3n) is 6.58. The van der Waals surface area contributed by atoms with Gasteiger partial charge in [-0.05, 0) is 30.9 Å². The van der Waals surface area contributed by atoms with Gasteiger partial charge in [-0.2, -0.15) is 4.72 Å². The van der Waals surface area contributed by atoms with Gasteiger partial charge in [0.15, 0.2) is 0 Å². The first-order valence-corrected chi connectivity index (χ1v) is 16.1. The second-order valence-electron chi connectivity index (χ2n) is 10.6. The van der Waals surface area contributed by atoms with Crippen LogP contribution in [0.15, 0.2) is 35.2 Å². The average Bonchev–Trinajstić information content (AvgIpc) is 2.85. The monoisotopic (exact) mass is 523 g/mol. The molecule has 0 aliphatic heterocycles. The highest BCUT2D eigenvalue weighted by Gasteiger charge is 2.27. The van der Waals surface area contributed by atoms with Gasteiger partial charge < -0.3 is 4.74 Å². The van der Waals surface area contributed by atoms with Gasteiger partial charge in [-0.15, -0.1) is 0 Å². The zero-order valence-corrected chi connectivity index (χ0v) is 24.1. The third kappa shape index (κ3) is 16.4. The van der Waals surface area contributed by atoms with Crippen molar-refractivity contribution in [1.82, 2.24) is 4.72 Å². The van der Waals surface area contributed by atoms with E-state index >= 15 is 0 Å². The van der Waals surface area contributed by atoms with Crippen molar-refractivity contribution in [1.29, 1.82) is 0 Å². The minimum Gasteiger partial charge on any atom is -0.465 e.